The van der Waals surface area contributed by atoms with Gasteiger partial charge in [-0.3, -0.25) is 0 Å². The van der Waals surface area contributed by atoms with Crippen molar-refractivity contribution in [3.05, 3.63) is 83.1 Å². The highest BCUT2D eigenvalue weighted by atomic mass is 35.5. The molecule has 4 rings (SSSR count). The fourth-order valence-corrected chi connectivity index (χ4v) is 4.10. The van der Waals surface area contributed by atoms with E-state index >= 15 is 0 Å². The van der Waals surface area contributed by atoms with Crippen molar-refractivity contribution in [3.8, 4) is 11.1 Å². The van der Waals surface area contributed by atoms with Crippen molar-refractivity contribution in [2.24, 2.45) is 5.14 Å². The highest BCUT2D eigenvalue weighted by Gasteiger charge is 2.15. The summed E-state index contributed by atoms with van der Waals surface area (Å²) in [6.07, 6.45) is 1.61. The third-order valence-electron chi connectivity index (χ3n) is 4.60. The first-order valence-electron chi connectivity index (χ1n) is 8.75. The first-order chi connectivity index (χ1) is 13.4. The highest BCUT2D eigenvalue weighted by Crippen LogP contribution is 2.28. The maximum atomic E-state index is 11.9. The van der Waals surface area contributed by atoms with E-state index in [2.05, 4.69) is 9.97 Å². The summed E-state index contributed by atoms with van der Waals surface area (Å²) >= 11 is 5.92. The molecule has 4 aromatic rings. The second kappa shape index (κ2) is 7.39. The molecular formula is C21H18ClN3O2S. The number of benzene rings is 3. The lowest BCUT2D eigenvalue weighted by molar-refractivity contribution is 0.598. The first kappa shape index (κ1) is 18.7. The lowest BCUT2D eigenvalue weighted by atomic mass is 10.1. The fraction of sp³-hybridized carbons (Fsp3) is 0.0952. The molecule has 0 aliphatic carbocycles. The van der Waals surface area contributed by atoms with Gasteiger partial charge in [0.05, 0.1) is 15.9 Å². The minimum absolute atomic E-state index is 0.108. The van der Waals surface area contributed by atoms with Gasteiger partial charge in [-0.2, -0.15) is 0 Å². The van der Waals surface area contributed by atoms with Crippen LogP contribution in [0, 0.1) is 0 Å². The lowest BCUT2D eigenvalue weighted by Crippen LogP contribution is -2.13. The Morgan fingerprint density at radius 2 is 1.71 bits per heavy atom. The molecule has 0 radical (unpaired) electrons. The molecule has 5 nitrogen and oxygen atoms in total. The van der Waals surface area contributed by atoms with Crippen molar-refractivity contribution in [1.82, 2.24) is 9.97 Å². The predicted octanol–water partition coefficient (Wildman–Crippen LogP) is 4.32. The molecule has 3 N–H and O–H groups in total. The summed E-state index contributed by atoms with van der Waals surface area (Å²) in [5.74, 6) is 0.877. The molecule has 142 valence electrons. The minimum Gasteiger partial charge on any atom is -0.342 e. The topological polar surface area (TPSA) is 88.8 Å². The Balaban J connectivity index is 1.63. The van der Waals surface area contributed by atoms with Crippen LogP contribution in [0.4, 0.5) is 0 Å². The molecule has 0 atom stereocenters. The van der Waals surface area contributed by atoms with Crippen LogP contribution in [0.2, 0.25) is 5.02 Å². The van der Waals surface area contributed by atoms with Gasteiger partial charge in [0.2, 0.25) is 10.0 Å². The quantitative estimate of drug-likeness (QED) is 0.512. The summed E-state index contributed by atoms with van der Waals surface area (Å²) in [7, 11) is -3.81. The van der Waals surface area contributed by atoms with Crippen molar-refractivity contribution >= 4 is 32.7 Å². The smallest absolute Gasteiger partial charge is 0.238 e. The molecule has 0 unspecified atom stereocenters. The van der Waals surface area contributed by atoms with Gasteiger partial charge in [0.25, 0.3) is 0 Å². The Hall–Kier alpha value is -2.67. The molecule has 0 fully saturated rings. The number of halogens is 1. The van der Waals surface area contributed by atoms with Gasteiger partial charge >= 0.3 is 0 Å². The van der Waals surface area contributed by atoms with E-state index in [0.717, 1.165) is 40.3 Å². The van der Waals surface area contributed by atoms with Crippen molar-refractivity contribution in [3.63, 3.8) is 0 Å². The molecule has 7 heteroatoms. The average molecular weight is 412 g/mol. The van der Waals surface area contributed by atoms with Crippen LogP contribution in [0.3, 0.4) is 0 Å². The van der Waals surface area contributed by atoms with Crippen LogP contribution in [0.1, 0.15) is 11.4 Å². The SMILES string of the molecule is NS(=O)(=O)c1ccccc1-c1ccc2nc(CCc3ccc(Cl)cc3)[nH]c2c1. The number of aryl methyl sites for hydroxylation is 2. The van der Waals surface area contributed by atoms with Crippen LogP contribution in [-0.2, 0) is 22.9 Å². The zero-order chi connectivity index (χ0) is 19.7. The van der Waals surface area contributed by atoms with Gasteiger partial charge in [-0.15, -0.1) is 0 Å². The summed E-state index contributed by atoms with van der Waals surface area (Å²) in [6, 6.07) is 20.1. The molecule has 0 bridgehead atoms. The summed E-state index contributed by atoms with van der Waals surface area (Å²) in [6.45, 7) is 0. The van der Waals surface area contributed by atoms with E-state index in [-0.39, 0.29) is 4.90 Å². The van der Waals surface area contributed by atoms with Crippen molar-refractivity contribution in [2.75, 3.05) is 0 Å². The van der Waals surface area contributed by atoms with E-state index in [4.69, 9.17) is 16.7 Å². The number of nitrogens with one attached hydrogen (secondary N) is 1. The molecule has 0 aliphatic rings. The number of aromatic nitrogens is 2. The van der Waals surface area contributed by atoms with Crippen molar-refractivity contribution in [1.29, 1.82) is 0 Å². The normalized spacial score (nSPS) is 11.8. The number of sulfonamides is 1. The summed E-state index contributed by atoms with van der Waals surface area (Å²) in [4.78, 5) is 8.06. The number of rotatable bonds is 5. The fourth-order valence-electron chi connectivity index (χ4n) is 3.22. The van der Waals surface area contributed by atoms with E-state index in [1.54, 1.807) is 18.2 Å². The van der Waals surface area contributed by atoms with Crippen LogP contribution in [0.15, 0.2) is 71.6 Å². The Morgan fingerprint density at radius 1 is 0.964 bits per heavy atom. The van der Waals surface area contributed by atoms with E-state index in [0.29, 0.717) is 5.56 Å². The lowest BCUT2D eigenvalue weighted by Gasteiger charge is -2.07. The Kier molecular flexibility index (Phi) is 4.93. The van der Waals surface area contributed by atoms with Gasteiger partial charge in [-0.1, -0.05) is 48.0 Å². The van der Waals surface area contributed by atoms with E-state index in [9.17, 15) is 8.42 Å². The van der Waals surface area contributed by atoms with Gasteiger partial charge in [0, 0.05) is 17.0 Å². The van der Waals surface area contributed by atoms with Gasteiger partial charge < -0.3 is 4.98 Å². The van der Waals surface area contributed by atoms with Crippen molar-refractivity contribution in [2.45, 2.75) is 17.7 Å². The Labute approximate surface area is 168 Å². The molecule has 0 amide bonds. The molecule has 0 aliphatic heterocycles. The molecule has 0 saturated heterocycles. The summed E-state index contributed by atoms with van der Waals surface area (Å²) in [5.41, 5.74) is 4.22. The van der Waals surface area contributed by atoms with E-state index < -0.39 is 10.0 Å². The molecule has 3 aromatic carbocycles. The number of primary sulfonamides is 1. The van der Waals surface area contributed by atoms with Crippen LogP contribution >= 0.6 is 11.6 Å². The second-order valence-corrected chi connectivity index (χ2v) is 8.55. The third-order valence-corrected chi connectivity index (χ3v) is 5.82. The number of fused-ring (bicyclic) bond motifs is 1. The largest absolute Gasteiger partial charge is 0.342 e. The van der Waals surface area contributed by atoms with Crippen LogP contribution < -0.4 is 5.14 Å². The van der Waals surface area contributed by atoms with Gasteiger partial charge in [0.15, 0.2) is 0 Å². The number of hydrogen-bond acceptors (Lipinski definition) is 3. The monoisotopic (exact) mass is 411 g/mol. The van der Waals surface area contributed by atoms with Crippen molar-refractivity contribution < 1.29 is 8.42 Å². The number of nitrogens with two attached hydrogens (primary N) is 1. The Bertz CT molecular complexity index is 1250. The number of aromatic amines is 1. The van der Waals surface area contributed by atoms with Crippen LogP contribution in [-0.4, -0.2) is 18.4 Å². The maximum absolute atomic E-state index is 11.9. The third kappa shape index (κ3) is 3.94. The number of nitrogens with zero attached hydrogens (tertiary/aromatic N) is 1. The summed E-state index contributed by atoms with van der Waals surface area (Å²) in [5, 5.41) is 6.08. The molecule has 0 spiro atoms. The van der Waals surface area contributed by atoms with Gasteiger partial charge in [-0.25, -0.2) is 18.5 Å². The predicted molar refractivity (Wildman–Crippen MR) is 112 cm³/mol. The molecular weight excluding hydrogens is 394 g/mol. The number of H-pyrrole nitrogens is 1. The average Bonchev–Trinajstić information content (AvgIpc) is 3.09. The Morgan fingerprint density at radius 3 is 2.46 bits per heavy atom. The first-order valence-corrected chi connectivity index (χ1v) is 10.7. The molecule has 28 heavy (non-hydrogen) atoms. The maximum Gasteiger partial charge on any atom is 0.238 e. The highest BCUT2D eigenvalue weighted by molar-refractivity contribution is 7.89. The molecule has 1 aromatic heterocycles. The summed E-state index contributed by atoms with van der Waals surface area (Å²) < 4.78 is 23.8. The molecule has 0 saturated carbocycles. The molecule has 1 heterocycles. The standard InChI is InChI=1S/C21H18ClN3O2S/c22-16-9-5-14(6-10-16)7-12-21-24-18-11-8-15(13-19(18)25-21)17-3-1-2-4-20(17)28(23,26)27/h1-6,8-11,13H,7,12H2,(H,24,25)(H2,23,26,27). The van der Waals surface area contributed by atoms with Gasteiger partial charge in [0.1, 0.15) is 5.82 Å². The van der Waals surface area contributed by atoms with Crippen LogP contribution in [0.5, 0.6) is 0 Å². The zero-order valence-electron chi connectivity index (χ0n) is 14.9. The minimum atomic E-state index is -3.81. The van der Waals surface area contributed by atoms with Crippen LogP contribution in [0.25, 0.3) is 22.2 Å². The van der Waals surface area contributed by atoms with E-state index in [1.807, 2.05) is 42.5 Å². The number of imidazole rings is 1. The second-order valence-electron chi connectivity index (χ2n) is 6.58. The number of hydrogen-bond donors (Lipinski definition) is 2. The van der Waals surface area contributed by atoms with Gasteiger partial charge in [-0.05, 0) is 47.9 Å². The zero-order valence-corrected chi connectivity index (χ0v) is 16.5. The van der Waals surface area contributed by atoms with E-state index in [1.165, 1.54) is 11.6 Å².